The van der Waals surface area contributed by atoms with E-state index in [-0.39, 0.29) is 36.3 Å². The lowest BCUT2D eigenvalue weighted by Gasteiger charge is -2.35. The zero-order valence-corrected chi connectivity index (χ0v) is 16.7. The van der Waals surface area contributed by atoms with Gasteiger partial charge in [0.1, 0.15) is 18.5 Å². The Morgan fingerprint density at radius 1 is 1.21 bits per heavy atom. The molecule has 29 heavy (non-hydrogen) atoms. The van der Waals surface area contributed by atoms with Crippen LogP contribution < -0.4 is 11.1 Å². The predicted octanol–water partition coefficient (Wildman–Crippen LogP) is 0.817. The second kappa shape index (κ2) is 10.0. The molecule has 1 heterocycles. The number of amidine groups is 1. The molecule has 1 aliphatic rings. The Morgan fingerprint density at radius 2 is 1.76 bits per heavy atom. The number of nitrogens with zero attached hydrogens (tertiary/aromatic N) is 1. The van der Waals surface area contributed by atoms with Gasteiger partial charge in [0.15, 0.2) is 0 Å². The molecule has 0 aromatic heterocycles. The molecule has 1 fully saturated rings. The van der Waals surface area contributed by atoms with Crippen molar-refractivity contribution in [2.24, 2.45) is 11.7 Å². The number of likely N-dealkylation sites (tertiary alicyclic amines) is 1. The van der Waals surface area contributed by atoms with Crippen molar-refractivity contribution in [2.75, 3.05) is 19.7 Å². The number of hydrogen-bond acceptors (Lipinski definition) is 5. The summed E-state index contributed by atoms with van der Waals surface area (Å²) < 4.78 is 5.30. The maximum Gasteiger partial charge on any atom is 0.329 e. The van der Waals surface area contributed by atoms with Crippen LogP contribution in [0, 0.1) is 11.3 Å². The molecule has 0 unspecified atom stereocenters. The van der Waals surface area contributed by atoms with Gasteiger partial charge in [0.2, 0.25) is 5.91 Å². The number of amides is 2. The minimum atomic E-state index is -1.01. The number of carboxylic acids is 1. The number of carboxylic acid groups (broad SMARTS) is 1. The van der Waals surface area contributed by atoms with Crippen molar-refractivity contribution in [1.82, 2.24) is 10.2 Å². The Kier molecular flexibility index (Phi) is 7.72. The first-order valence-electron chi connectivity index (χ1n) is 9.56. The number of hydrogen-bond donors (Lipinski definition) is 4. The lowest BCUT2D eigenvalue weighted by molar-refractivity contribution is -0.147. The van der Waals surface area contributed by atoms with Crippen molar-refractivity contribution in [3.05, 3.63) is 35.4 Å². The number of rotatable bonds is 8. The summed E-state index contributed by atoms with van der Waals surface area (Å²) >= 11 is 0. The van der Waals surface area contributed by atoms with Gasteiger partial charge in [-0.2, -0.15) is 0 Å². The summed E-state index contributed by atoms with van der Waals surface area (Å²) in [4.78, 5) is 37.8. The normalized spacial score (nSPS) is 15.8. The summed E-state index contributed by atoms with van der Waals surface area (Å²) in [6.45, 7) is 4.30. The first-order valence-corrected chi connectivity index (χ1v) is 9.56. The number of aliphatic carboxylic acids is 1. The van der Waals surface area contributed by atoms with E-state index in [0.717, 1.165) is 0 Å². The molecule has 1 saturated heterocycles. The van der Waals surface area contributed by atoms with Gasteiger partial charge in [-0.3, -0.25) is 15.0 Å². The van der Waals surface area contributed by atoms with Crippen LogP contribution in [0.4, 0.5) is 0 Å². The first kappa shape index (κ1) is 22.4. The molecular formula is C20H28N4O5. The molecule has 0 spiro atoms. The highest BCUT2D eigenvalue weighted by Gasteiger charge is 2.31. The minimum Gasteiger partial charge on any atom is -0.480 e. The van der Waals surface area contributed by atoms with E-state index in [2.05, 4.69) is 5.32 Å². The molecule has 9 heteroatoms. The van der Waals surface area contributed by atoms with Gasteiger partial charge in [0.25, 0.3) is 5.91 Å². The fourth-order valence-electron chi connectivity index (χ4n) is 3.17. The van der Waals surface area contributed by atoms with Crippen molar-refractivity contribution < 1.29 is 24.2 Å². The fraction of sp³-hybridized carbons (Fsp3) is 0.500. The second-order valence-electron chi connectivity index (χ2n) is 7.42. The quantitative estimate of drug-likeness (QED) is 0.373. The van der Waals surface area contributed by atoms with Gasteiger partial charge < -0.3 is 25.8 Å². The van der Waals surface area contributed by atoms with Crippen LogP contribution in [0.1, 0.15) is 42.6 Å². The van der Waals surface area contributed by atoms with Gasteiger partial charge in [-0.05, 0) is 30.9 Å². The lowest BCUT2D eigenvalue weighted by atomic mass is 9.99. The number of nitrogens with two attached hydrogens (primary N) is 1. The van der Waals surface area contributed by atoms with E-state index in [0.29, 0.717) is 37.1 Å². The summed E-state index contributed by atoms with van der Waals surface area (Å²) in [6, 6.07) is 5.64. The molecule has 0 radical (unpaired) electrons. The molecule has 5 N–H and O–H groups in total. The molecule has 0 aliphatic carbocycles. The zero-order chi connectivity index (χ0) is 21.6. The monoisotopic (exact) mass is 404 g/mol. The maximum atomic E-state index is 13.0. The lowest BCUT2D eigenvalue weighted by Crippen LogP contribution is -2.53. The SMILES string of the molecule is CC(C)[C@H](NC(=O)c1ccc(C(=N)N)cc1)C(=O)N1CCC(OCC(=O)O)CC1. The first-order chi connectivity index (χ1) is 13.7. The van der Waals surface area contributed by atoms with Crippen LogP contribution in [0.25, 0.3) is 0 Å². The molecule has 1 aromatic carbocycles. The summed E-state index contributed by atoms with van der Waals surface area (Å²) in [6.07, 6.45) is 0.941. The van der Waals surface area contributed by atoms with E-state index in [9.17, 15) is 14.4 Å². The van der Waals surface area contributed by atoms with Crippen LogP contribution in [0.15, 0.2) is 24.3 Å². The third-order valence-corrected chi connectivity index (χ3v) is 4.87. The largest absolute Gasteiger partial charge is 0.480 e. The van der Waals surface area contributed by atoms with E-state index < -0.39 is 12.0 Å². The van der Waals surface area contributed by atoms with Gasteiger partial charge >= 0.3 is 5.97 Å². The standard InChI is InChI=1S/C20H28N4O5/c1-12(2)17(23-19(27)14-5-3-13(4-6-14)18(21)22)20(28)24-9-7-15(8-10-24)29-11-16(25)26/h3-6,12,15,17H,7-11H2,1-2H3,(H3,21,22)(H,23,27)(H,25,26)/t17-/m0/s1. The van der Waals surface area contributed by atoms with Crippen molar-refractivity contribution in [3.8, 4) is 0 Å². The number of carbonyl (C=O) groups is 3. The van der Waals surface area contributed by atoms with Gasteiger partial charge in [-0.1, -0.05) is 26.0 Å². The molecule has 1 aromatic rings. The second-order valence-corrected chi connectivity index (χ2v) is 7.42. The molecule has 1 atom stereocenters. The molecule has 2 rings (SSSR count). The zero-order valence-electron chi connectivity index (χ0n) is 16.7. The third-order valence-electron chi connectivity index (χ3n) is 4.87. The van der Waals surface area contributed by atoms with Crippen LogP contribution in [-0.4, -0.2) is 65.5 Å². The Morgan fingerprint density at radius 3 is 2.24 bits per heavy atom. The summed E-state index contributed by atoms with van der Waals surface area (Å²) in [7, 11) is 0. The molecular weight excluding hydrogens is 376 g/mol. The smallest absolute Gasteiger partial charge is 0.329 e. The third kappa shape index (κ3) is 6.28. The van der Waals surface area contributed by atoms with Crippen molar-refractivity contribution >= 4 is 23.6 Å². The number of nitrogen functional groups attached to an aromatic ring is 1. The Labute approximate surface area is 169 Å². The highest BCUT2D eigenvalue weighted by molar-refractivity contribution is 5.99. The maximum absolute atomic E-state index is 13.0. The average molecular weight is 404 g/mol. The van der Waals surface area contributed by atoms with Crippen LogP contribution >= 0.6 is 0 Å². The highest BCUT2D eigenvalue weighted by atomic mass is 16.5. The van der Waals surface area contributed by atoms with Gasteiger partial charge in [-0.15, -0.1) is 0 Å². The molecule has 2 amide bonds. The van der Waals surface area contributed by atoms with E-state index in [1.165, 1.54) is 0 Å². The molecule has 0 saturated carbocycles. The van der Waals surface area contributed by atoms with Crippen molar-refractivity contribution in [2.45, 2.75) is 38.8 Å². The van der Waals surface area contributed by atoms with Crippen LogP contribution in [0.3, 0.4) is 0 Å². The number of nitrogens with one attached hydrogen (secondary N) is 2. The summed E-state index contributed by atoms with van der Waals surface area (Å²) in [5.41, 5.74) is 6.32. The van der Waals surface area contributed by atoms with Crippen molar-refractivity contribution in [3.63, 3.8) is 0 Å². The van der Waals surface area contributed by atoms with E-state index in [1.54, 1.807) is 29.2 Å². The molecule has 0 bridgehead atoms. The summed E-state index contributed by atoms with van der Waals surface area (Å²) in [5, 5.41) is 18.9. The van der Waals surface area contributed by atoms with Gasteiger partial charge in [0, 0.05) is 24.2 Å². The van der Waals surface area contributed by atoms with E-state index in [4.69, 9.17) is 21.0 Å². The van der Waals surface area contributed by atoms with Crippen LogP contribution in [-0.2, 0) is 14.3 Å². The molecule has 1 aliphatic heterocycles. The number of benzene rings is 1. The number of ether oxygens (including phenoxy) is 1. The van der Waals surface area contributed by atoms with E-state index >= 15 is 0 Å². The predicted molar refractivity (Wildman–Crippen MR) is 107 cm³/mol. The van der Waals surface area contributed by atoms with Crippen LogP contribution in [0.2, 0.25) is 0 Å². The Hall–Kier alpha value is -2.94. The highest BCUT2D eigenvalue weighted by Crippen LogP contribution is 2.17. The number of piperidine rings is 1. The van der Waals surface area contributed by atoms with E-state index in [1.807, 2.05) is 13.8 Å². The topological polar surface area (TPSA) is 146 Å². The van der Waals surface area contributed by atoms with Gasteiger partial charge in [0.05, 0.1) is 6.10 Å². The molecule has 158 valence electrons. The Balaban J connectivity index is 1.96. The molecule has 9 nitrogen and oxygen atoms in total. The minimum absolute atomic E-state index is 0.0806. The Bertz CT molecular complexity index is 755. The van der Waals surface area contributed by atoms with Crippen molar-refractivity contribution in [1.29, 1.82) is 5.41 Å². The summed E-state index contributed by atoms with van der Waals surface area (Å²) in [5.74, 6) is -1.73. The fourth-order valence-corrected chi connectivity index (χ4v) is 3.17. The van der Waals surface area contributed by atoms with Crippen LogP contribution in [0.5, 0.6) is 0 Å². The average Bonchev–Trinajstić information content (AvgIpc) is 2.70. The number of carbonyl (C=O) groups excluding carboxylic acids is 2. The van der Waals surface area contributed by atoms with Gasteiger partial charge in [-0.25, -0.2) is 4.79 Å².